The fourth-order valence-electron chi connectivity index (χ4n) is 1.27. The molecule has 0 aliphatic carbocycles. The van der Waals surface area contributed by atoms with Crippen LogP contribution in [0.1, 0.15) is 18.1 Å². The summed E-state index contributed by atoms with van der Waals surface area (Å²) in [4.78, 5) is 10.7. The summed E-state index contributed by atoms with van der Waals surface area (Å²) >= 11 is 0. The highest BCUT2D eigenvalue weighted by atomic mass is 16.4. The third-order valence-electron chi connectivity index (χ3n) is 2.48. The maximum absolute atomic E-state index is 10.7. The number of rotatable bonds is 4. The van der Waals surface area contributed by atoms with Crippen molar-refractivity contribution >= 4 is 11.7 Å². The van der Waals surface area contributed by atoms with E-state index in [1.54, 1.807) is 0 Å². The van der Waals surface area contributed by atoms with Crippen molar-refractivity contribution in [3.05, 3.63) is 29.3 Å². The van der Waals surface area contributed by atoms with E-state index in [0.29, 0.717) is 0 Å². The van der Waals surface area contributed by atoms with Crippen LogP contribution in [0.3, 0.4) is 0 Å². The lowest BCUT2D eigenvalue weighted by Gasteiger charge is -2.20. The van der Waals surface area contributed by atoms with Gasteiger partial charge in [0, 0.05) is 5.69 Å². The van der Waals surface area contributed by atoms with Crippen molar-refractivity contribution in [2.24, 2.45) is 0 Å². The maximum Gasteiger partial charge on any atom is 0.337 e. The molecule has 0 aromatic heterocycles. The molecule has 0 bridgehead atoms. The molecule has 1 unspecified atom stereocenters. The van der Waals surface area contributed by atoms with Crippen molar-refractivity contribution < 1.29 is 15.0 Å². The Morgan fingerprint density at radius 1 is 1.44 bits per heavy atom. The third-order valence-corrected chi connectivity index (χ3v) is 2.48. The van der Waals surface area contributed by atoms with Crippen LogP contribution in [-0.4, -0.2) is 28.3 Å². The second-order valence-electron chi connectivity index (χ2n) is 4.25. The van der Waals surface area contributed by atoms with Gasteiger partial charge in [0.1, 0.15) is 0 Å². The number of nitrogens with one attached hydrogen (secondary N) is 1. The second-order valence-corrected chi connectivity index (χ2v) is 4.25. The fourth-order valence-corrected chi connectivity index (χ4v) is 1.27. The number of carboxylic acid groups (broad SMARTS) is 1. The molecule has 0 aliphatic heterocycles. The summed E-state index contributed by atoms with van der Waals surface area (Å²) in [5.41, 5.74) is 1.20. The lowest BCUT2D eigenvalue weighted by Crippen LogP contribution is -2.41. The molecule has 16 heavy (non-hydrogen) atoms. The van der Waals surface area contributed by atoms with E-state index in [4.69, 9.17) is 5.11 Å². The Hall–Kier alpha value is -1.55. The van der Waals surface area contributed by atoms with E-state index in [0.717, 1.165) is 16.8 Å². The van der Waals surface area contributed by atoms with Gasteiger partial charge in [0.2, 0.25) is 0 Å². The summed E-state index contributed by atoms with van der Waals surface area (Å²) in [6, 6.07) is 5.86. The van der Waals surface area contributed by atoms with E-state index in [-0.39, 0.29) is 6.54 Å². The van der Waals surface area contributed by atoms with E-state index in [2.05, 4.69) is 5.32 Å². The van der Waals surface area contributed by atoms with Gasteiger partial charge < -0.3 is 15.5 Å². The van der Waals surface area contributed by atoms with Gasteiger partial charge in [-0.3, -0.25) is 0 Å². The first-order valence-electron chi connectivity index (χ1n) is 5.10. The molecule has 4 nitrogen and oxygen atoms in total. The highest BCUT2D eigenvalue weighted by Crippen LogP contribution is 2.17. The number of anilines is 1. The molecule has 1 atom stereocenters. The Labute approximate surface area is 94.9 Å². The molecule has 1 aromatic rings. The van der Waals surface area contributed by atoms with Crippen molar-refractivity contribution in [3.8, 4) is 0 Å². The zero-order valence-corrected chi connectivity index (χ0v) is 9.74. The Morgan fingerprint density at radius 3 is 2.62 bits per heavy atom. The first-order chi connectivity index (χ1) is 7.33. The SMILES string of the molecule is Cc1ccc(C)c(NCC(C)(O)C(=O)O)c1. The quantitative estimate of drug-likeness (QED) is 0.724. The van der Waals surface area contributed by atoms with Crippen LogP contribution in [0.25, 0.3) is 0 Å². The molecule has 0 radical (unpaired) electrons. The van der Waals surface area contributed by atoms with Crippen LogP contribution in [0.15, 0.2) is 18.2 Å². The summed E-state index contributed by atoms with van der Waals surface area (Å²) in [5, 5.41) is 21.2. The molecule has 4 heteroatoms. The van der Waals surface area contributed by atoms with Crippen LogP contribution < -0.4 is 5.32 Å². The molecule has 88 valence electrons. The topological polar surface area (TPSA) is 69.6 Å². The first kappa shape index (κ1) is 12.5. The average molecular weight is 223 g/mol. The van der Waals surface area contributed by atoms with Gasteiger partial charge in [0.25, 0.3) is 0 Å². The predicted octanol–water partition coefficient (Wildman–Crippen LogP) is 1.55. The van der Waals surface area contributed by atoms with Crippen LogP contribution in [0.4, 0.5) is 5.69 Å². The minimum Gasteiger partial charge on any atom is -0.479 e. The molecule has 0 fully saturated rings. The van der Waals surface area contributed by atoms with E-state index in [1.807, 2.05) is 32.0 Å². The Bertz CT molecular complexity index is 399. The Morgan fingerprint density at radius 2 is 2.06 bits per heavy atom. The standard InChI is InChI=1S/C12H17NO3/c1-8-4-5-9(2)10(6-8)13-7-12(3,16)11(14)15/h4-6,13,16H,7H2,1-3H3,(H,14,15). The van der Waals surface area contributed by atoms with Gasteiger partial charge in [-0.15, -0.1) is 0 Å². The van der Waals surface area contributed by atoms with Crippen molar-refractivity contribution in [2.75, 3.05) is 11.9 Å². The Balaban J connectivity index is 2.75. The molecule has 1 rings (SSSR count). The van der Waals surface area contributed by atoms with Gasteiger partial charge in [-0.1, -0.05) is 12.1 Å². The van der Waals surface area contributed by atoms with Crippen molar-refractivity contribution in [1.29, 1.82) is 0 Å². The predicted molar refractivity (Wildman–Crippen MR) is 62.7 cm³/mol. The number of aliphatic carboxylic acids is 1. The minimum absolute atomic E-state index is 0.0212. The number of hydrogen-bond donors (Lipinski definition) is 3. The largest absolute Gasteiger partial charge is 0.479 e. The van der Waals surface area contributed by atoms with E-state index in [1.165, 1.54) is 6.92 Å². The maximum atomic E-state index is 10.7. The van der Waals surface area contributed by atoms with Gasteiger partial charge in [0.05, 0.1) is 6.54 Å². The zero-order chi connectivity index (χ0) is 12.3. The second kappa shape index (κ2) is 4.53. The van der Waals surface area contributed by atoms with Crippen LogP contribution >= 0.6 is 0 Å². The van der Waals surface area contributed by atoms with Crippen LogP contribution in [0, 0.1) is 13.8 Å². The summed E-state index contributed by atoms with van der Waals surface area (Å²) in [7, 11) is 0. The van der Waals surface area contributed by atoms with E-state index in [9.17, 15) is 9.90 Å². The lowest BCUT2D eigenvalue weighted by atomic mass is 10.1. The minimum atomic E-state index is -1.75. The first-order valence-corrected chi connectivity index (χ1v) is 5.10. The smallest absolute Gasteiger partial charge is 0.337 e. The van der Waals surface area contributed by atoms with Gasteiger partial charge >= 0.3 is 5.97 Å². The number of aryl methyl sites for hydroxylation is 2. The normalized spacial score (nSPS) is 14.2. The number of hydrogen-bond acceptors (Lipinski definition) is 3. The summed E-state index contributed by atoms with van der Waals surface area (Å²) in [6.45, 7) is 5.14. The highest BCUT2D eigenvalue weighted by molar-refractivity contribution is 5.77. The molecule has 0 amide bonds. The van der Waals surface area contributed by atoms with Crippen molar-refractivity contribution in [1.82, 2.24) is 0 Å². The summed E-state index contributed by atoms with van der Waals surface area (Å²) in [6.07, 6.45) is 0. The van der Waals surface area contributed by atoms with Crippen LogP contribution in [-0.2, 0) is 4.79 Å². The molecular weight excluding hydrogens is 206 g/mol. The molecule has 0 spiro atoms. The lowest BCUT2D eigenvalue weighted by molar-refractivity contribution is -0.155. The summed E-state index contributed by atoms with van der Waals surface area (Å²) in [5.74, 6) is -1.23. The molecular formula is C12H17NO3. The summed E-state index contributed by atoms with van der Waals surface area (Å²) < 4.78 is 0. The van der Waals surface area contributed by atoms with Crippen LogP contribution in [0.5, 0.6) is 0 Å². The number of aliphatic hydroxyl groups is 1. The molecule has 0 saturated carbocycles. The van der Waals surface area contributed by atoms with Crippen molar-refractivity contribution in [3.63, 3.8) is 0 Å². The number of carboxylic acids is 1. The zero-order valence-electron chi connectivity index (χ0n) is 9.74. The molecule has 0 saturated heterocycles. The number of carbonyl (C=O) groups is 1. The highest BCUT2D eigenvalue weighted by Gasteiger charge is 2.29. The van der Waals surface area contributed by atoms with Gasteiger partial charge in [-0.2, -0.15) is 0 Å². The molecule has 0 heterocycles. The Kier molecular flexibility index (Phi) is 3.55. The monoisotopic (exact) mass is 223 g/mol. The van der Waals surface area contributed by atoms with Gasteiger partial charge in [0.15, 0.2) is 5.60 Å². The third kappa shape index (κ3) is 2.97. The number of benzene rings is 1. The van der Waals surface area contributed by atoms with E-state index < -0.39 is 11.6 Å². The average Bonchev–Trinajstić information content (AvgIpc) is 2.19. The van der Waals surface area contributed by atoms with Gasteiger partial charge in [-0.05, 0) is 38.0 Å². The molecule has 1 aromatic carbocycles. The molecule has 3 N–H and O–H groups in total. The molecule has 0 aliphatic rings. The van der Waals surface area contributed by atoms with Crippen LogP contribution in [0.2, 0.25) is 0 Å². The van der Waals surface area contributed by atoms with E-state index >= 15 is 0 Å². The van der Waals surface area contributed by atoms with Crippen molar-refractivity contribution in [2.45, 2.75) is 26.4 Å². The van der Waals surface area contributed by atoms with Gasteiger partial charge in [-0.25, -0.2) is 4.79 Å². The fraction of sp³-hybridized carbons (Fsp3) is 0.417.